The van der Waals surface area contributed by atoms with Crippen molar-refractivity contribution in [3.63, 3.8) is 0 Å². The second-order valence-electron chi connectivity index (χ2n) is 2.43. The molecule has 9 heavy (non-hydrogen) atoms. The fourth-order valence-electron chi connectivity index (χ4n) is 0.644. The van der Waals surface area contributed by atoms with Gasteiger partial charge in [-0.1, -0.05) is 26.7 Å². The van der Waals surface area contributed by atoms with Crippen molar-refractivity contribution in [2.75, 3.05) is 6.61 Å². The van der Waals surface area contributed by atoms with Crippen molar-refractivity contribution in [2.24, 2.45) is 5.92 Å². The van der Waals surface area contributed by atoms with Gasteiger partial charge in [0.2, 0.25) is 0 Å². The molecule has 0 fully saturated rings. The van der Waals surface area contributed by atoms with Crippen LogP contribution in [0.3, 0.4) is 0 Å². The molecule has 0 aliphatic heterocycles. The molecule has 0 aliphatic carbocycles. The van der Waals surface area contributed by atoms with E-state index in [1.165, 1.54) is 19.3 Å². The second kappa shape index (κ2) is 8.96. The van der Waals surface area contributed by atoms with Crippen molar-refractivity contribution >= 4 is 29.6 Å². The summed E-state index contributed by atoms with van der Waals surface area (Å²) in [6.45, 7) is 4.60. The Morgan fingerprint density at radius 3 is 2.33 bits per heavy atom. The zero-order valence-electron chi connectivity index (χ0n) is 5.85. The summed E-state index contributed by atoms with van der Waals surface area (Å²) in [5.41, 5.74) is 0. The molecule has 2 heteroatoms. The summed E-state index contributed by atoms with van der Waals surface area (Å²) >= 11 is 0. The average molecular weight is 140 g/mol. The molecule has 1 nitrogen and oxygen atoms in total. The molecule has 1 atom stereocenters. The Kier molecular flexibility index (Phi) is 12.6. The molecule has 0 saturated carbocycles. The van der Waals surface area contributed by atoms with Crippen LogP contribution in [0.15, 0.2) is 0 Å². The number of rotatable bonds is 4. The number of hydrogen-bond acceptors (Lipinski definition) is 1. The van der Waals surface area contributed by atoms with Crippen LogP contribution in [0, 0.1) is 5.92 Å². The normalized spacial score (nSPS) is 12.3. The van der Waals surface area contributed by atoms with Crippen LogP contribution in [0.4, 0.5) is 0 Å². The Balaban J connectivity index is 0. The molecule has 0 bridgehead atoms. The molecule has 0 aromatic heterocycles. The van der Waals surface area contributed by atoms with Crippen molar-refractivity contribution in [1.82, 2.24) is 0 Å². The van der Waals surface area contributed by atoms with E-state index in [-0.39, 0.29) is 29.6 Å². The molecule has 0 rings (SSSR count). The third-order valence-corrected chi connectivity index (χ3v) is 1.36. The van der Waals surface area contributed by atoms with Gasteiger partial charge in [0.15, 0.2) is 0 Å². The molecule has 0 aliphatic rings. The van der Waals surface area contributed by atoms with Gasteiger partial charge in [0, 0.05) is 6.61 Å². The summed E-state index contributed by atoms with van der Waals surface area (Å²) in [4.78, 5) is 0. The third-order valence-electron chi connectivity index (χ3n) is 1.36. The van der Waals surface area contributed by atoms with Crippen LogP contribution in [0.2, 0.25) is 0 Å². The van der Waals surface area contributed by atoms with Gasteiger partial charge < -0.3 is 5.11 Å². The first-order valence-corrected chi connectivity index (χ1v) is 3.42. The van der Waals surface area contributed by atoms with Gasteiger partial charge in [-0.15, -0.1) is 0 Å². The third kappa shape index (κ3) is 8.96. The molecule has 0 amide bonds. The van der Waals surface area contributed by atoms with Gasteiger partial charge in [-0.05, 0) is 12.3 Å². The summed E-state index contributed by atoms with van der Waals surface area (Å²) < 4.78 is 0. The molecule has 0 saturated heterocycles. The predicted octanol–water partition coefficient (Wildman–Crippen LogP) is 1.16. The molecule has 0 heterocycles. The first-order valence-electron chi connectivity index (χ1n) is 3.42. The quantitative estimate of drug-likeness (QED) is 0.581. The Bertz CT molecular complexity index is 48.2. The number of aliphatic hydroxyl groups is 1. The van der Waals surface area contributed by atoms with Crippen LogP contribution in [-0.2, 0) is 0 Å². The molecule has 0 aromatic rings. The van der Waals surface area contributed by atoms with Crippen LogP contribution in [0.1, 0.15) is 33.1 Å². The second-order valence-corrected chi connectivity index (χ2v) is 2.43. The number of unbranched alkanes of at least 4 members (excludes halogenated alkanes) is 1. The van der Waals surface area contributed by atoms with Gasteiger partial charge in [-0.3, -0.25) is 0 Å². The topological polar surface area (TPSA) is 20.2 Å². The molecule has 0 radical (unpaired) electrons. The summed E-state index contributed by atoms with van der Waals surface area (Å²) in [5.74, 6) is 0.509. The average Bonchev–Trinajstić information content (AvgIpc) is 1.83. The molecular weight excluding hydrogens is 123 g/mol. The Morgan fingerprint density at radius 2 is 2.00 bits per heavy atom. The van der Waals surface area contributed by atoms with Crippen LogP contribution in [-0.4, -0.2) is 41.3 Å². The minimum absolute atomic E-state index is 0. The van der Waals surface area contributed by atoms with Crippen molar-refractivity contribution in [2.45, 2.75) is 33.1 Å². The summed E-state index contributed by atoms with van der Waals surface area (Å²) in [5, 5.41) is 8.56. The molecule has 1 N–H and O–H groups in total. The van der Waals surface area contributed by atoms with E-state index in [9.17, 15) is 0 Å². The van der Waals surface area contributed by atoms with Crippen molar-refractivity contribution < 1.29 is 5.11 Å². The Labute approximate surface area is 80.1 Å². The first kappa shape index (κ1) is 12.6. The van der Waals surface area contributed by atoms with Crippen LogP contribution < -0.4 is 0 Å². The van der Waals surface area contributed by atoms with E-state index in [4.69, 9.17) is 5.11 Å². The van der Waals surface area contributed by atoms with E-state index >= 15 is 0 Å². The van der Waals surface area contributed by atoms with Crippen LogP contribution >= 0.6 is 0 Å². The van der Waals surface area contributed by atoms with Crippen molar-refractivity contribution in [3.05, 3.63) is 0 Å². The van der Waals surface area contributed by atoms with Gasteiger partial charge in [0.1, 0.15) is 0 Å². The van der Waals surface area contributed by atoms with E-state index in [1.807, 2.05) is 0 Å². The molecule has 0 spiro atoms. The standard InChI is InChI=1S/C7H16O.Na.H/c1-3-4-5-7(2)6-8;;/h7-8H,3-6H2,1-2H3;;. The maximum absolute atomic E-state index is 8.56. The number of aliphatic hydroxyl groups excluding tert-OH is 1. The fourth-order valence-corrected chi connectivity index (χ4v) is 0.644. The van der Waals surface area contributed by atoms with E-state index < -0.39 is 0 Å². The van der Waals surface area contributed by atoms with E-state index in [1.54, 1.807) is 0 Å². The zero-order chi connectivity index (χ0) is 6.41. The van der Waals surface area contributed by atoms with Gasteiger partial charge >= 0.3 is 29.6 Å². The van der Waals surface area contributed by atoms with Crippen molar-refractivity contribution in [1.29, 1.82) is 0 Å². The summed E-state index contributed by atoms with van der Waals surface area (Å²) in [7, 11) is 0. The molecule has 1 unspecified atom stereocenters. The summed E-state index contributed by atoms with van der Waals surface area (Å²) in [6, 6.07) is 0. The van der Waals surface area contributed by atoms with Crippen molar-refractivity contribution in [3.8, 4) is 0 Å². The van der Waals surface area contributed by atoms with Crippen LogP contribution in [0.25, 0.3) is 0 Å². The van der Waals surface area contributed by atoms with Gasteiger partial charge in [0.25, 0.3) is 0 Å². The predicted molar refractivity (Wildman–Crippen MR) is 42.9 cm³/mol. The van der Waals surface area contributed by atoms with Gasteiger partial charge in [-0.25, -0.2) is 0 Å². The molecule has 0 aromatic carbocycles. The van der Waals surface area contributed by atoms with E-state index in [0.29, 0.717) is 12.5 Å². The Morgan fingerprint density at radius 1 is 1.44 bits per heavy atom. The zero-order valence-corrected chi connectivity index (χ0v) is 5.85. The van der Waals surface area contributed by atoms with Gasteiger partial charge in [0.05, 0.1) is 0 Å². The first-order chi connectivity index (χ1) is 3.81. The van der Waals surface area contributed by atoms with E-state index in [0.717, 1.165) is 0 Å². The monoisotopic (exact) mass is 140 g/mol. The van der Waals surface area contributed by atoms with E-state index in [2.05, 4.69) is 13.8 Å². The van der Waals surface area contributed by atoms with Crippen LogP contribution in [0.5, 0.6) is 0 Å². The Hall–Kier alpha value is 0.960. The van der Waals surface area contributed by atoms with Gasteiger partial charge in [-0.2, -0.15) is 0 Å². The SMILES string of the molecule is CCCCC(C)CO.[NaH]. The molecule has 52 valence electrons. The number of hydrogen-bond donors (Lipinski definition) is 1. The summed E-state index contributed by atoms with van der Waals surface area (Å²) in [6.07, 6.45) is 3.67. The fraction of sp³-hybridized carbons (Fsp3) is 1.00. The maximum atomic E-state index is 8.56. The molecular formula is C7H17NaO. The minimum atomic E-state index is 0.